The normalized spacial score (nSPS) is 27.2. The molecule has 1 N–H and O–H groups in total. The van der Waals surface area contributed by atoms with Gasteiger partial charge in [0.25, 0.3) is 0 Å². The Morgan fingerprint density at radius 1 is 1.44 bits per heavy atom. The number of hydrogen-bond donors (Lipinski definition) is 1. The number of nitrogens with zero attached hydrogens (tertiary/aromatic N) is 1. The Hall–Kier alpha value is -1.22. The minimum Gasteiger partial charge on any atom is -0.381 e. The zero-order chi connectivity index (χ0) is 11.1. The van der Waals surface area contributed by atoms with Crippen molar-refractivity contribution in [1.29, 1.82) is 0 Å². The zero-order valence-electron chi connectivity index (χ0n) is 9.86. The third-order valence-electron chi connectivity index (χ3n) is 3.78. The Labute approximate surface area is 96.4 Å². The van der Waals surface area contributed by atoms with Crippen LogP contribution in [0.1, 0.15) is 12.0 Å². The van der Waals surface area contributed by atoms with Crippen LogP contribution in [0.15, 0.2) is 18.2 Å². The number of para-hydroxylation sites is 1. The SMILES string of the molecule is COC1CC2CNc3c(C)cccc3N2C1. The van der Waals surface area contributed by atoms with Crippen LogP contribution in [0.3, 0.4) is 0 Å². The van der Waals surface area contributed by atoms with Crippen molar-refractivity contribution < 1.29 is 4.74 Å². The maximum absolute atomic E-state index is 5.48. The van der Waals surface area contributed by atoms with E-state index in [0.29, 0.717) is 12.1 Å². The second-order valence-corrected chi connectivity index (χ2v) is 4.75. The molecule has 1 aromatic carbocycles. The number of ether oxygens (including phenoxy) is 1. The fourth-order valence-corrected chi connectivity index (χ4v) is 2.87. The average Bonchev–Trinajstić information content (AvgIpc) is 2.72. The molecule has 1 saturated heterocycles. The van der Waals surface area contributed by atoms with Crippen LogP contribution in [0, 0.1) is 6.92 Å². The van der Waals surface area contributed by atoms with Gasteiger partial charge in [0.2, 0.25) is 0 Å². The standard InChI is InChI=1S/C13H18N2O/c1-9-4-3-5-12-13(9)14-7-10-6-11(16-2)8-15(10)12/h3-5,10-11,14H,6-8H2,1-2H3. The highest BCUT2D eigenvalue weighted by Crippen LogP contribution is 2.38. The van der Waals surface area contributed by atoms with E-state index in [0.717, 1.165) is 19.5 Å². The first kappa shape index (κ1) is 9.97. The first-order valence-corrected chi connectivity index (χ1v) is 5.92. The number of aryl methyl sites for hydroxylation is 1. The predicted molar refractivity (Wildman–Crippen MR) is 66.2 cm³/mol. The van der Waals surface area contributed by atoms with Crippen LogP contribution in [-0.2, 0) is 4.74 Å². The van der Waals surface area contributed by atoms with E-state index >= 15 is 0 Å². The van der Waals surface area contributed by atoms with E-state index in [4.69, 9.17) is 4.74 Å². The summed E-state index contributed by atoms with van der Waals surface area (Å²) in [6, 6.07) is 7.10. The van der Waals surface area contributed by atoms with Gasteiger partial charge in [-0.3, -0.25) is 0 Å². The molecule has 2 aliphatic heterocycles. The monoisotopic (exact) mass is 218 g/mol. The third kappa shape index (κ3) is 1.39. The molecule has 3 nitrogen and oxygen atoms in total. The van der Waals surface area contributed by atoms with E-state index < -0.39 is 0 Å². The van der Waals surface area contributed by atoms with Gasteiger partial charge in [0.15, 0.2) is 0 Å². The van der Waals surface area contributed by atoms with Crippen molar-refractivity contribution in [2.24, 2.45) is 0 Å². The van der Waals surface area contributed by atoms with Gasteiger partial charge in [-0.25, -0.2) is 0 Å². The van der Waals surface area contributed by atoms with Crippen LogP contribution in [-0.4, -0.2) is 32.3 Å². The van der Waals surface area contributed by atoms with E-state index in [1.165, 1.54) is 16.9 Å². The third-order valence-corrected chi connectivity index (χ3v) is 3.78. The lowest BCUT2D eigenvalue weighted by atomic mass is 10.1. The largest absolute Gasteiger partial charge is 0.381 e. The number of rotatable bonds is 1. The van der Waals surface area contributed by atoms with Crippen molar-refractivity contribution in [2.45, 2.75) is 25.5 Å². The molecule has 0 spiro atoms. The van der Waals surface area contributed by atoms with Crippen molar-refractivity contribution in [1.82, 2.24) is 0 Å². The maximum atomic E-state index is 5.48. The molecular weight excluding hydrogens is 200 g/mol. The number of hydrogen-bond acceptors (Lipinski definition) is 3. The van der Waals surface area contributed by atoms with E-state index in [1.54, 1.807) is 0 Å². The second kappa shape index (κ2) is 3.67. The summed E-state index contributed by atoms with van der Waals surface area (Å²) >= 11 is 0. The summed E-state index contributed by atoms with van der Waals surface area (Å²) in [5.41, 5.74) is 3.98. The van der Waals surface area contributed by atoms with Gasteiger partial charge in [0.05, 0.1) is 17.5 Å². The molecule has 0 saturated carbocycles. The maximum Gasteiger partial charge on any atom is 0.0766 e. The molecule has 3 heteroatoms. The minimum atomic E-state index is 0.387. The van der Waals surface area contributed by atoms with Crippen LogP contribution in [0.5, 0.6) is 0 Å². The molecule has 86 valence electrons. The Bertz CT molecular complexity index is 405. The van der Waals surface area contributed by atoms with Crippen LogP contribution < -0.4 is 10.2 Å². The van der Waals surface area contributed by atoms with Crippen molar-refractivity contribution in [3.8, 4) is 0 Å². The summed E-state index contributed by atoms with van der Waals surface area (Å²) in [7, 11) is 1.81. The average molecular weight is 218 g/mol. The summed E-state index contributed by atoms with van der Waals surface area (Å²) in [5, 5.41) is 3.55. The van der Waals surface area contributed by atoms with Crippen molar-refractivity contribution in [2.75, 3.05) is 30.4 Å². The van der Waals surface area contributed by atoms with E-state index in [-0.39, 0.29) is 0 Å². The predicted octanol–water partition coefficient (Wildman–Crippen LogP) is 2.01. The summed E-state index contributed by atoms with van der Waals surface area (Å²) in [6.07, 6.45) is 1.52. The highest BCUT2D eigenvalue weighted by molar-refractivity contribution is 5.76. The van der Waals surface area contributed by atoms with Crippen LogP contribution in [0.25, 0.3) is 0 Å². The van der Waals surface area contributed by atoms with Gasteiger partial charge < -0.3 is 15.0 Å². The Balaban J connectivity index is 1.97. The van der Waals surface area contributed by atoms with Gasteiger partial charge in [-0.15, -0.1) is 0 Å². The summed E-state index contributed by atoms with van der Waals surface area (Å²) < 4.78 is 5.48. The van der Waals surface area contributed by atoms with Crippen LogP contribution in [0.2, 0.25) is 0 Å². The molecular formula is C13H18N2O. The molecule has 2 heterocycles. The molecule has 0 aromatic heterocycles. The molecule has 0 amide bonds. The fraction of sp³-hybridized carbons (Fsp3) is 0.538. The number of anilines is 2. The number of nitrogens with one attached hydrogen (secondary N) is 1. The molecule has 0 bridgehead atoms. The van der Waals surface area contributed by atoms with Gasteiger partial charge in [0.1, 0.15) is 0 Å². The Kier molecular flexibility index (Phi) is 2.28. The number of methoxy groups -OCH3 is 1. The van der Waals surface area contributed by atoms with E-state index in [9.17, 15) is 0 Å². The molecule has 1 aromatic rings. The van der Waals surface area contributed by atoms with Crippen LogP contribution in [0.4, 0.5) is 11.4 Å². The van der Waals surface area contributed by atoms with Crippen molar-refractivity contribution in [3.05, 3.63) is 23.8 Å². The Morgan fingerprint density at radius 2 is 2.31 bits per heavy atom. The first-order valence-electron chi connectivity index (χ1n) is 5.92. The molecule has 1 fully saturated rings. The van der Waals surface area contributed by atoms with Crippen LogP contribution >= 0.6 is 0 Å². The molecule has 3 rings (SSSR count). The molecule has 2 aliphatic rings. The lowest BCUT2D eigenvalue weighted by Gasteiger charge is -2.35. The topological polar surface area (TPSA) is 24.5 Å². The minimum absolute atomic E-state index is 0.387. The van der Waals surface area contributed by atoms with E-state index in [1.807, 2.05) is 7.11 Å². The summed E-state index contributed by atoms with van der Waals surface area (Å²) in [5.74, 6) is 0. The second-order valence-electron chi connectivity index (χ2n) is 4.75. The lowest BCUT2D eigenvalue weighted by molar-refractivity contribution is 0.118. The smallest absolute Gasteiger partial charge is 0.0766 e. The highest BCUT2D eigenvalue weighted by Gasteiger charge is 2.36. The molecule has 2 unspecified atom stereocenters. The molecule has 0 radical (unpaired) electrons. The Morgan fingerprint density at radius 3 is 3.12 bits per heavy atom. The van der Waals surface area contributed by atoms with Gasteiger partial charge in [-0.2, -0.15) is 0 Å². The van der Waals surface area contributed by atoms with Crippen molar-refractivity contribution >= 4 is 11.4 Å². The first-order chi connectivity index (χ1) is 7.79. The summed E-state index contributed by atoms with van der Waals surface area (Å²) in [4.78, 5) is 2.49. The highest BCUT2D eigenvalue weighted by atomic mass is 16.5. The summed E-state index contributed by atoms with van der Waals surface area (Å²) in [6.45, 7) is 4.23. The molecule has 2 atom stereocenters. The zero-order valence-corrected chi connectivity index (χ0v) is 9.86. The van der Waals surface area contributed by atoms with E-state index in [2.05, 4.69) is 35.3 Å². The number of benzene rings is 1. The molecule has 16 heavy (non-hydrogen) atoms. The number of fused-ring (bicyclic) bond motifs is 3. The quantitative estimate of drug-likeness (QED) is 0.780. The van der Waals surface area contributed by atoms with Gasteiger partial charge >= 0.3 is 0 Å². The van der Waals surface area contributed by atoms with Gasteiger partial charge in [0, 0.05) is 26.2 Å². The lowest BCUT2D eigenvalue weighted by Crippen LogP contribution is -2.39. The fourth-order valence-electron chi connectivity index (χ4n) is 2.87. The van der Waals surface area contributed by atoms with Crippen molar-refractivity contribution in [3.63, 3.8) is 0 Å². The van der Waals surface area contributed by atoms with Gasteiger partial charge in [-0.1, -0.05) is 12.1 Å². The molecule has 0 aliphatic carbocycles. The van der Waals surface area contributed by atoms with Gasteiger partial charge in [-0.05, 0) is 25.0 Å².